The van der Waals surface area contributed by atoms with E-state index in [2.05, 4.69) is 52.5 Å². The van der Waals surface area contributed by atoms with Crippen LogP contribution in [0.15, 0.2) is 36.0 Å². The Hall–Kier alpha value is -0.780. The number of rotatable bonds is 1. The van der Waals surface area contributed by atoms with E-state index in [1.165, 1.54) is 44.1 Å². The normalized spacial score (nSPS) is 43.0. The third-order valence-electron chi connectivity index (χ3n) is 5.73. The number of hydrogen-bond donors (Lipinski definition) is 0. The van der Waals surface area contributed by atoms with Crippen LogP contribution in [-0.4, -0.2) is 0 Å². The summed E-state index contributed by atoms with van der Waals surface area (Å²) in [4.78, 5) is 0. The van der Waals surface area contributed by atoms with Crippen molar-refractivity contribution >= 4 is 0 Å². The van der Waals surface area contributed by atoms with E-state index in [0.29, 0.717) is 11.3 Å². The van der Waals surface area contributed by atoms with Crippen molar-refractivity contribution in [2.24, 2.45) is 23.2 Å². The molecule has 4 atom stereocenters. The van der Waals surface area contributed by atoms with E-state index < -0.39 is 0 Å². The number of allylic oxidation sites excluding steroid dienone is 5. The van der Waals surface area contributed by atoms with Gasteiger partial charge in [-0.3, -0.25) is 0 Å². The number of fused-ring (bicyclic) bond motifs is 1. The molecule has 0 heteroatoms. The molecule has 0 aromatic rings. The SMILES string of the molecule is C=C(C)[C@@H]1CC[C@]2(C)/C=C/[C@@H](C)CC/C=C(\C)CC[C@@H]12. The second kappa shape index (κ2) is 6.33. The topological polar surface area (TPSA) is 0 Å². The first-order valence-electron chi connectivity index (χ1n) is 8.43. The highest BCUT2D eigenvalue weighted by atomic mass is 14.5. The fourth-order valence-corrected chi connectivity index (χ4v) is 4.20. The first-order valence-corrected chi connectivity index (χ1v) is 8.43. The monoisotopic (exact) mass is 272 g/mol. The minimum atomic E-state index is 0.391. The molecule has 0 bridgehead atoms. The summed E-state index contributed by atoms with van der Waals surface area (Å²) in [6.07, 6.45) is 15.3. The Balaban J connectivity index is 2.27. The third-order valence-corrected chi connectivity index (χ3v) is 5.73. The van der Waals surface area contributed by atoms with E-state index >= 15 is 0 Å². The molecule has 1 fully saturated rings. The van der Waals surface area contributed by atoms with Gasteiger partial charge in [0.15, 0.2) is 0 Å². The van der Waals surface area contributed by atoms with Crippen molar-refractivity contribution in [1.82, 2.24) is 0 Å². The van der Waals surface area contributed by atoms with Crippen LogP contribution in [0.3, 0.4) is 0 Å². The van der Waals surface area contributed by atoms with Crippen LogP contribution in [0.5, 0.6) is 0 Å². The molecule has 0 radical (unpaired) electrons. The standard InChI is InChI=1S/C20H32/c1-15(2)18-12-14-20(5)13-11-17(4)8-6-7-16(3)9-10-19(18)20/h7,11,13,17-19H,1,6,8-10,12,14H2,2-5H3/b13-11+,16-7+/t17-,18-,19-,20-/m0/s1. The van der Waals surface area contributed by atoms with Crippen molar-refractivity contribution in [1.29, 1.82) is 0 Å². The first kappa shape index (κ1) is 15.6. The molecular weight excluding hydrogens is 240 g/mol. The van der Waals surface area contributed by atoms with Crippen molar-refractivity contribution in [3.63, 3.8) is 0 Å². The Morgan fingerprint density at radius 3 is 2.75 bits per heavy atom. The van der Waals surface area contributed by atoms with Gasteiger partial charge in [-0.15, -0.1) is 0 Å². The molecule has 0 unspecified atom stereocenters. The van der Waals surface area contributed by atoms with Gasteiger partial charge in [-0.05, 0) is 75.5 Å². The minimum Gasteiger partial charge on any atom is -0.0998 e. The lowest BCUT2D eigenvalue weighted by molar-refractivity contribution is 0.254. The largest absolute Gasteiger partial charge is 0.0998 e. The average molecular weight is 272 g/mol. The molecule has 0 saturated heterocycles. The molecule has 0 N–H and O–H groups in total. The minimum absolute atomic E-state index is 0.391. The molecular formula is C20H32. The van der Waals surface area contributed by atoms with Crippen LogP contribution in [0.2, 0.25) is 0 Å². The van der Waals surface area contributed by atoms with Gasteiger partial charge in [0.05, 0.1) is 0 Å². The van der Waals surface area contributed by atoms with E-state index in [0.717, 1.165) is 11.8 Å². The van der Waals surface area contributed by atoms with Crippen molar-refractivity contribution in [2.75, 3.05) is 0 Å². The highest BCUT2D eigenvalue weighted by Crippen LogP contribution is 2.52. The Labute approximate surface area is 126 Å². The smallest absolute Gasteiger partial charge is 0.0112 e. The Morgan fingerprint density at radius 2 is 2.05 bits per heavy atom. The molecule has 20 heavy (non-hydrogen) atoms. The van der Waals surface area contributed by atoms with Gasteiger partial charge >= 0.3 is 0 Å². The van der Waals surface area contributed by atoms with Crippen LogP contribution >= 0.6 is 0 Å². The zero-order chi connectivity index (χ0) is 14.8. The van der Waals surface area contributed by atoms with Crippen LogP contribution in [0.25, 0.3) is 0 Å². The third kappa shape index (κ3) is 3.45. The molecule has 2 rings (SSSR count). The molecule has 0 aliphatic heterocycles. The van der Waals surface area contributed by atoms with Gasteiger partial charge in [0.25, 0.3) is 0 Å². The summed E-state index contributed by atoms with van der Waals surface area (Å²) in [7, 11) is 0. The Kier molecular flexibility index (Phi) is 4.94. The summed E-state index contributed by atoms with van der Waals surface area (Å²) in [5, 5.41) is 0. The molecule has 0 aromatic heterocycles. The van der Waals surface area contributed by atoms with E-state index in [-0.39, 0.29) is 0 Å². The number of hydrogen-bond acceptors (Lipinski definition) is 0. The molecule has 1 saturated carbocycles. The van der Waals surface area contributed by atoms with Crippen LogP contribution in [0.4, 0.5) is 0 Å². The van der Waals surface area contributed by atoms with E-state index in [1.54, 1.807) is 5.57 Å². The lowest BCUT2D eigenvalue weighted by atomic mass is 9.72. The summed E-state index contributed by atoms with van der Waals surface area (Å²) >= 11 is 0. The molecule has 112 valence electrons. The molecule has 0 aromatic carbocycles. The fourth-order valence-electron chi connectivity index (χ4n) is 4.20. The quantitative estimate of drug-likeness (QED) is 0.491. The molecule has 0 nitrogen and oxygen atoms in total. The van der Waals surface area contributed by atoms with Gasteiger partial charge in [-0.25, -0.2) is 0 Å². The Morgan fingerprint density at radius 1 is 1.30 bits per heavy atom. The maximum atomic E-state index is 4.27. The Bertz CT molecular complexity index is 412. The second-order valence-electron chi connectivity index (χ2n) is 7.61. The fraction of sp³-hybridized carbons (Fsp3) is 0.700. The summed E-state index contributed by atoms with van der Waals surface area (Å²) in [5.74, 6) is 2.22. The summed E-state index contributed by atoms with van der Waals surface area (Å²) in [6.45, 7) is 13.7. The summed E-state index contributed by atoms with van der Waals surface area (Å²) in [5.41, 5.74) is 3.38. The van der Waals surface area contributed by atoms with Crippen molar-refractivity contribution in [3.05, 3.63) is 36.0 Å². The van der Waals surface area contributed by atoms with E-state index in [1.807, 2.05) is 0 Å². The maximum absolute atomic E-state index is 4.27. The highest BCUT2D eigenvalue weighted by molar-refractivity contribution is 5.15. The van der Waals surface area contributed by atoms with Crippen molar-refractivity contribution < 1.29 is 0 Å². The van der Waals surface area contributed by atoms with Crippen LogP contribution < -0.4 is 0 Å². The molecule has 0 heterocycles. The van der Waals surface area contributed by atoms with Crippen molar-refractivity contribution in [3.8, 4) is 0 Å². The van der Waals surface area contributed by atoms with Gasteiger partial charge in [0, 0.05) is 0 Å². The lowest BCUT2D eigenvalue weighted by Gasteiger charge is -2.32. The predicted octanol–water partition coefficient (Wildman–Crippen LogP) is 6.31. The summed E-state index contributed by atoms with van der Waals surface area (Å²) < 4.78 is 0. The summed E-state index contributed by atoms with van der Waals surface area (Å²) in [6, 6.07) is 0. The predicted molar refractivity (Wildman–Crippen MR) is 89.7 cm³/mol. The van der Waals surface area contributed by atoms with E-state index in [4.69, 9.17) is 0 Å². The van der Waals surface area contributed by atoms with Gasteiger partial charge in [-0.1, -0.05) is 49.8 Å². The maximum Gasteiger partial charge on any atom is -0.0112 e. The molecule has 2 aliphatic rings. The zero-order valence-electron chi connectivity index (χ0n) is 13.9. The average Bonchev–Trinajstić information content (AvgIpc) is 2.70. The molecule has 0 spiro atoms. The molecule has 0 amide bonds. The van der Waals surface area contributed by atoms with Gasteiger partial charge in [-0.2, -0.15) is 0 Å². The zero-order valence-corrected chi connectivity index (χ0v) is 13.9. The van der Waals surface area contributed by atoms with Crippen molar-refractivity contribution in [2.45, 2.75) is 66.2 Å². The van der Waals surface area contributed by atoms with Crippen LogP contribution in [0.1, 0.15) is 66.2 Å². The van der Waals surface area contributed by atoms with Crippen LogP contribution in [-0.2, 0) is 0 Å². The second-order valence-corrected chi connectivity index (χ2v) is 7.61. The molecule has 2 aliphatic carbocycles. The van der Waals surface area contributed by atoms with Gasteiger partial charge in [0.2, 0.25) is 0 Å². The van der Waals surface area contributed by atoms with Gasteiger partial charge in [0.1, 0.15) is 0 Å². The van der Waals surface area contributed by atoms with E-state index in [9.17, 15) is 0 Å². The van der Waals surface area contributed by atoms with Crippen LogP contribution in [0, 0.1) is 23.2 Å². The lowest BCUT2D eigenvalue weighted by Crippen LogP contribution is -2.24. The highest BCUT2D eigenvalue weighted by Gasteiger charge is 2.43. The first-order chi connectivity index (χ1) is 9.42. The van der Waals surface area contributed by atoms with Gasteiger partial charge < -0.3 is 0 Å².